The standard InChI is InChI=1S/C22H26N2/c1-2-3-4-9-14-23-17-20-15-18-10-5-8-13-22(18)24(20)16-19-11-6-7-12-21(19)23/h5-8,10-13,15H,2-4,9,14,16-17H2,1H3. The van der Waals surface area contributed by atoms with Crippen LogP contribution < -0.4 is 4.90 Å². The quantitative estimate of drug-likeness (QED) is 0.557. The second-order valence-corrected chi connectivity index (χ2v) is 6.89. The van der Waals surface area contributed by atoms with E-state index in [1.54, 1.807) is 0 Å². The third-order valence-corrected chi connectivity index (χ3v) is 5.19. The normalized spacial score (nSPS) is 13.6. The molecule has 0 amide bonds. The number of nitrogens with zero attached hydrogens (tertiary/aromatic N) is 2. The molecule has 4 rings (SSSR count). The zero-order chi connectivity index (χ0) is 16.4. The van der Waals surface area contributed by atoms with Crippen LogP contribution in [0.15, 0.2) is 54.6 Å². The average Bonchev–Trinajstić information content (AvgIpc) is 2.87. The Morgan fingerprint density at radius 3 is 2.62 bits per heavy atom. The predicted molar refractivity (Wildman–Crippen MR) is 103 cm³/mol. The zero-order valence-electron chi connectivity index (χ0n) is 14.5. The molecule has 24 heavy (non-hydrogen) atoms. The number of para-hydroxylation sites is 2. The molecule has 3 aromatic rings. The van der Waals surface area contributed by atoms with Crippen molar-refractivity contribution >= 4 is 16.6 Å². The van der Waals surface area contributed by atoms with Crippen LogP contribution in [0.3, 0.4) is 0 Å². The molecule has 1 aliphatic heterocycles. The maximum Gasteiger partial charge on any atom is 0.0582 e. The number of hydrogen-bond acceptors (Lipinski definition) is 1. The Morgan fingerprint density at radius 1 is 0.875 bits per heavy atom. The summed E-state index contributed by atoms with van der Waals surface area (Å²) < 4.78 is 2.50. The first-order valence-electron chi connectivity index (χ1n) is 9.27. The van der Waals surface area contributed by atoms with Crippen LogP contribution in [0, 0.1) is 0 Å². The summed E-state index contributed by atoms with van der Waals surface area (Å²) in [6, 6.07) is 20.1. The molecule has 0 unspecified atom stereocenters. The number of benzene rings is 2. The fourth-order valence-corrected chi connectivity index (χ4v) is 3.92. The largest absolute Gasteiger partial charge is 0.365 e. The second kappa shape index (κ2) is 6.72. The van der Waals surface area contributed by atoms with Gasteiger partial charge in [-0.3, -0.25) is 0 Å². The van der Waals surface area contributed by atoms with E-state index in [2.05, 4.69) is 71.0 Å². The number of fused-ring (bicyclic) bond motifs is 4. The van der Waals surface area contributed by atoms with Gasteiger partial charge in [-0.05, 0) is 35.6 Å². The molecule has 0 atom stereocenters. The van der Waals surface area contributed by atoms with E-state index in [9.17, 15) is 0 Å². The van der Waals surface area contributed by atoms with Gasteiger partial charge in [-0.15, -0.1) is 0 Å². The van der Waals surface area contributed by atoms with Crippen LogP contribution in [-0.4, -0.2) is 11.1 Å². The Kier molecular flexibility index (Phi) is 4.29. The smallest absolute Gasteiger partial charge is 0.0582 e. The lowest BCUT2D eigenvalue weighted by atomic mass is 10.1. The predicted octanol–water partition coefficient (Wildman–Crippen LogP) is 5.59. The van der Waals surface area contributed by atoms with Gasteiger partial charge < -0.3 is 9.47 Å². The fraction of sp³-hybridized carbons (Fsp3) is 0.364. The van der Waals surface area contributed by atoms with Crippen LogP contribution >= 0.6 is 0 Å². The molecule has 1 aromatic heterocycles. The molecule has 2 heteroatoms. The van der Waals surface area contributed by atoms with Gasteiger partial charge in [-0.2, -0.15) is 0 Å². The summed E-state index contributed by atoms with van der Waals surface area (Å²) in [7, 11) is 0. The molecule has 0 spiro atoms. The van der Waals surface area contributed by atoms with E-state index in [0.29, 0.717) is 0 Å². The third-order valence-electron chi connectivity index (χ3n) is 5.19. The number of rotatable bonds is 5. The van der Waals surface area contributed by atoms with Gasteiger partial charge in [0, 0.05) is 30.0 Å². The van der Waals surface area contributed by atoms with Crippen LogP contribution in [-0.2, 0) is 13.1 Å². The summed E-state index contributed by atoms with van der Waals surface area (Å²) in [6.45, 7) is 5.42. The van der Waals surface area contributed by atoms with E-state index < -0.39 is 0 Å². The Balaban J connectivity index is 1.70. The number of hydrogen-bond donors (Lipinski definition) is 0. The van der Waals surface area contributed by atoms with Gasteiger partial charge in [-0.25, -0.2) is 0 Å². The van der Waals surface area contributed by atoms with Gasteiger partial charge in [0.2, 0.25) is 0 Å². The lowest BCUT2D eigenvalue weighted by Crippen LogP contribution is -2.24. The van der Waals surface area contributed by atoms with Crippen LogP contribution in [0.4, 0.5) is 5.69 Å². The molecule has 0 radical (unpaired) electrons. The van der Waals surface area contributed by atoms with E-state index in [-0.39, 0.29) is 0 Å². The van der Waals surface area contributed by atoms with Gasteiger partial charge in [0.05, 0.1) is 6.54 Å². The first kappa shape index (κ1) is 15.3. The first-order valence-corrected chi connectivity index (χ1v) is 9.27. The van der Waals surface area contributed by atoms with E-state index in [0.717, 1.165) is 19.6 Å². The summed E-state index contributed by atoms with van der Waals surface area (Å²) in [5.74, 6) is 0. The molecular weight excluding hydrogens is 292 g/mol. The number of unbranched alkanes of at least 4 members (excludes halogenated alkanes) is 3. The van der Waals surface area contributed by atoms with Gasteiger partial charge in [0.15, 0.2) is 0 Å². The minimum Gasteiger partial charge on any atom is -0.365 e. The minimum absolute atomic E-state index is 0.977. The molecule has 0 aliphatic carbocycles. The van der Waals surface area contributed by atoms with Crippen molar-refractivity contribution in [2.45, 2.75) is 45.7 Å². The number of aromatic nitrogens is 1. The van der Waals surface area contributed by atoms with Crippen molar-refractivity contribution in [2.75, 3.05) is 11.4 Å². The molecule has 0 saturated carbocycles. The lowest BCUT2D eigenvalue weighted by molar-refractivity contribution is 0.638. The zero-order valence-corrected chi connectivity index (χ0v) is 14.5. The Morgan fingerprint density at radius 2 is 1.71 bits per heavy atom. The van der Waals surface area contributed by atoms with Crippen LogP contribution in [0.5, 0.6) is 0 Å². The van der Waals surface area contributed by atoms with E-state index in [1.165, 1.54) is 53.5 Å². The van der Waals surface area contributed by atoms with Crippen molar-refractivity contribution in [3.8, 4) is 0 Å². The van der Waals surface area contributed by atoms with Crippen LogP contribution in [0.25, 0.3) is 10.9 Å². The first-order chi connectivity index (χ1) is 11.9. The van der Waals surface area contributed by atoms with Gasteiger partial charge in [0.1, 0.15) is 0 Å². The summed E-state index contributed by atoms with van der Waals surface area (Å²) >= 11 is 0. The molecule has 2 nitrogen and oxygen atoms in total. The molecule has 0 N–H and O–H groups in total. The average molecular weight is 318 g/mol. The molecule has 124 valence electrons. The number of anilines is 1. The highest BCUT2D eigenvalue weighted by Crippen LogP contribution is 2.31. The molecule has 0 bridgehead atoms. The lowest BCUT2D eigenvalue weighted by Gasteiger charge is -2.24. The maximum absolute atomic E-state index is 2.59. The molecule has 1 aliphatic rings. The molecule has 0 fully saturated rings. The van der Waals surface area contributed by atoms with Crippen molar-refractivity contribution in [3.05, 3.63) is 65.9 Å². The van der Waals surface area contributed by atoms with Gasteiger partial charge >= 0.3 is 0 Å². The minimum atomic E-state index is 0.977. The van der Waals surface area contributed by atoms with Crippen molar-refractivity contribution in [1.82, 2.24) is 4.57 Å². The summed E-state index contributed by atoms with van der Waals surface area (Å²) in [5, 5.41) is 1.36. The van der Waals surface area contributed by atoms with E-state index >= 15 is 0 Å². The second-order valence-electron chi connectivity index (χ2n) is 6.89. The summed E-state index contributed by atoms with van der Waals surface area (Å²) in [4.78, 5) is 2.59. The molecular formula is C22H26N2. The van der Waals surface area contributed by atoms with Crippen molar-refractivity contribution in [3.63, 3.8) is 0 Å². The van der Waals surface area contributed by atoms with E-state index in [4.69, 9.17) is 0 Å². The molecule has 2 heterocycles. The third kappa shape index (κ3) is 2.82. The van der Waals surface area contributed by atoms with Crippen LogP contribution in [0.2, 0.25) is 0 Å². The highest BCUT2D eigenvalue weighted by Gasteiger charge is 2.20. The molecule has 0 saturated heterocycles. The van der Waals surface area contributed by atoms with Gasteiger partial charge in [-0.1, -0.05) is 62.6 Å². The Labute approximate surface area is 144 Å². The van der Waals surface area contributed by atoms with E-state index in [1.807, 2.05) is 0 Å². The highest BCUT2D eigenvalue weighted by molar-refractivity contribution is 5.82. The van der Waals surface area contributed by atoms with Crippen LogP contribution in [0.1, 0.15) is 43.9 Å². The SMILES string of the molecule is CCCCCCN1Cc2cc3ccccc3n2Cc2ccccc21. The summed E-state index contributed by atoms with van der Waals surface area (Å²) in [6.07, 6.45) is 5.25. The van der Waals surface area contributed by atoms with Gasteiger partial charge in [0.25, 0.3) is 0 Å². The van der Waals surface area contributed by atoms with Crippen molar-refractivity contribution in [1.29, 1.82) is 0 Å². The van der Waals surface area contributed by atoms with Crippen molar-refractivity contribution in [2.24, 2.45) is 0 Å². The molecule has 2 aromatic carbocycles. The fourth-order valence-electron chi connectivity index (χ4n) is 3.92. The van der Waals surface area contributed by atoms with Crippen molar-refractivity contribution < 1.29 is 0 Å². The Bertz CT molecular complexity index is 831. The highest BCUT2D eigenvalue weighted by atomic mass is 15.2. The monoisotopic (exact) mass is 318 g/mol. The Hall–Kier alpha value is -2.22. The maximum atomic E-state index is 2.59. The topological polar surface area (TPSA) is 8.17 Å². The summed E-state index contributed by atoms with van der Waals surface area (Å²) in [5.41, 5.74) is 5.65.